The molecule has 0 bridgehead atoms. The van der Waals surface area contributed by atoms with Gasteiger partial charge in [-0.3, -0.25) is 4.90 Å². The molecule has 0 aromatic heterocycles. The third-order valence-electron chi connectivity index (χ3n) is 4.41. The quantitative estimate of drug-likeness (QED) is 0.744. The van der Waals surface area contributed by atoms with Crippen LogP contribution in [0.4, 0.5) is 0 Å². The summed E-state index contributed by atoms with van der Waals surface area (Å²) in [5, 5.41) is 0. The third kappa shape index (κ3) is 3.43. The summed E-state index contributed by atoms with van der Waals surface area (Å²) >= 11 is 0. The van der Waals surface area contributed by atoms with Crippen LogP contribution in [-0.4, -0.2) is 43.3 Å². The van der Waals surface area contributed by atoms with E-state index in [1.165, 1.54) is 25.7 Å². The summed E-state index contributed by atoms with van der Waals surface area (Å²) in [4.78, 5) is 2.45. The molecule has 0 amide bonds. The highest BCUT2D eigenvalue weighted by Crippen LogP contribution is 2.40. The van der Waals surface area contributed by atoms with E-state index in [0.29, 0.717) is 6.10 Å². The van der Waals surface area contributed by atoms with Gasteiger partial charge in [-0.15, -0.1) is 0 Å². The maximum absolute atomic E-state index is 6.08. The number of hydrogen-bond acceptors (Lipinski definition) is 3. The molecule has 1 saturated carbocycles. The predicted octanol–water partition coefficient (Wildman–Crippen LogP) is 2.25. The SMILES string of the molecule is CCC1CCCC1(CN)N(C)CCOC(C)C. The van der Waals surface area contributed by atoms with Crippen molar-refractivity contribution in [2.24, 2.45) is 11.7 Å². The Morgan fingerprint density at radius 2 is 2.18 bits per heavy atom. The van der Waals surface area contributed by atoms with Gasteiger partial charge in [0.15, 0.2) is 0 Å². The van der Waals surface area contributed by atoms with Gasteiger partial charge in [0.1, 0.15) is 0 Å². The van der Waals surface area contributed by atoms with Crippen molar-refractivity contribution in [2.45, 2.75) is 58.1 Å². The maximum Gasteiger partial charge on any atom is 0.0597 e. The van der Waals surface area contributed by atoms with Crippen LogP contribution in [0.2, 0.25) is 0 Å². The fourth-order valence-electron chi connectivity index (χ4n) is 3.29. The summed E-state index contributed by atoms with van der Waals surface area (Å²) in [6.07, 6.45) is 5.48. The van der Waals surface area contributed by atoms with E-state index >= 15 is 0 Å². The van der Waals surface area contributed by atoms with Crippen LogP contribution in [0.5, 0.6) is 0 Å². The van der Waals surface area contributed by atoms with Gasteiger partial charge in [-0.25, -0.2) is 0 Å². The molecule has 0 saturated heterocycles. The van der Waals surface area contributed by atoms with E-state index in [0.717, 1.165) is 25.6 Å². The number of nitrogens with zero attached hydrogens (tertiary/aromatic N) is 1. The summed E-state index contributed by atoms with van der Waals surface area (Å²) in [6.45, 7) is 9.05. The Morgan fingerprint density at radius 3 is 2.71 bits per heavy atom. The van der Waals surface area contributed by atoms with Gasteiger partial charge in [0.2, 0.25) is 0 Å². The lowest BCUT2D eigenvalue weighted by molar-refractivity contribution is 0.0207. The molecule has 17 heavy (non-hydrogen) atoms. The van der Waals surface area contributed by atoms with Crippen molar-refractivity contribution in [2.75, 3.05) is 26.7 Å². The van der Waals surface area contributed by atoms with E-state index in [1.807, 2.05) is 0 Å². The van der Waals surface area contributed by atoms with Gasteiger partial charge in [-0.2, -0.15) is 0 Å². The fourth-order valence-corrected chi connectivity index (χ4v) is 3.29. The summed E-state index contributed by atoms with van der Waals surface area (Å²) in [7, 11) is 2.21. The molecule has 102 valence electrons. The monoisotopic (exact) mass is 242 g/mol. The highest BCUT2D eigenvalue weighted by Gasteiger charge is 2.43. The van der Waals surface area contributed by atoms with Gasteiger partial charge >= 0.3 is 0 Å². The molecule has 1 aliphatic rings. The number of hydrogen-bond donors (Lipinski definition) is 1. The largest absolute Gasteiger partial charge is 0.377 e. The molecule has 1 rings (SSSR count). The Labute approximate surface area is 107 Å². The summed E-state index contributed by atoms with van der Waals surface area (Å²) < 4.78 is 5.65. The van der Waals surface area contributed by atoms with Crippen LogP contribution < -0.4 is 5.73 Å². The van der Waals surface area contributed by atoms with E-state index in [4.69, 9.17) is 10.5 Å². The molecule has 2 unspecified atom stereocenters. The first-order valence-electron chi connectivity index (χ1n) is 7.09. The molecule has 0 aliphatic heterocycles. The predicted molar refractivity (Wildman–Crippen MR) is 73.1 cm³/mol. The van der Waals surface area contributed by atoms with Crippen molar-refractivity contribution in [1.29, 1.82) is 0 Å². The standard InChI is InChI=1S/C14H30N2O/c1-5-13-7-6-8-14(13,11-15)16(4)9-10-17-12(2)3/h12-13H,5-11,15H2,1-4H3. The van der Waals surface area contributed by atoms with Gasteiger partial charge in [-0.05, 0) is 39.7 Å². The Hall–Kier alpha value is -0.120. The maximum atomic E-state index is 6.08. The van der Waals surface area contributed by atoms with E-state index in [1.54, 1.807) is 0 Å². The minimum absolute atomic E-state index is 0.231. The average Bonchev–Trinajstić information content (AvgIpc) is 2.72. The van der Waals surface area contributed by atoms with Crippen LogP contribution >= 0.6 is 0 Å². The van der Waals surface area contributed by atoms with E-state index < -0.39 is 0 Å². The van der Waals surface area contributed by atoms with Crippen molar-refractivity contribution in [3.05, 3.63) is 0 Å². The lowest BCUT2D eigenvalue weighted by Gasteiger charge is -2.43. The number of nitrogens with two attached hydrogens (primary N) is 1. The highest BCUT2D eigenvalue weighted by molar-refractivity contribution is 5.00. The molecular formula is C14H30N2O. The van der Waals surface area contributed by atoms with Crippen LogP contribution in [0.25, 0.3) is 0 Å². The Morgan fingerprint density at radius 1 is 1.47 bits per heavy atom. The zero-order valence-corrected chi connectivity index (χ0v) is 12.0. The Balaban J connectivity index is 2.53. The van der Waals surface area contributed by atoms with E-state index in [2.05, 4.69) is 32.7 Å². The molecule has 2 N–H and O–H groups in total. The van der Waals surface area contributed by atoms with Gasteiger partial charge in [0, 0.05) is 18.6 Å². The molecule has 1 fully saturated rings. The zero-order valence-electron chi connectivity index (χ0n) is 12.0. The first-order chi connectivity index (χ1) is 8.06. The second-order valence-corrected chi connectivity index (χ2v) is 5.65. The van der Waals surface area contributed by atoms with Crippen molar-refractivity contribution in [1.82, 2.24) is 4.90 Å². The van der Waals surface area contributed by atoms with Crippen molar-refractivity contribution in [3.63, 3.8) is 0 Å². The van der Waals surface area contributed by atoms with Gasteiger partial charge in [0.25, 0.3) is 0 Å². The molecule has 1 aliphatic carbocycles. The Bertz CT molecular complexity index is 220. The highest BCUT2D eigenvalue weighted by atomic mass is 16.5. The summed E-state index contributed by atoms with van der Waals surface area (Å²) in [5.41, 5.74) is 6.32. The van der Waals surface area contributed by atoms with Crippen molar-refractivity contribution in [3.8, 4) is 0 Å². The van der Waals surface area contributed by atoms with Crippen LogP contribution in [0, 0.1) is 5.92 Å². The molecule has 0 heterocycles. The number of likely N-dealkylation sites (N-methyl/N-ethyl adjacent to an activating group) is 1. The van der Waals surface area contributed by atoms with E-state index in [-0.39, 0.29) is 5.54 Å². The first-order valence-corrected chi connectivity index (χ1v) is 7.09. The lowest BCUT2D eigenvalue weighted by Crippen LogP contribution is -2.55. The normalized spacial score (nSPS) is 29.5. The second kappa shape index (κ2) is 6.72. The molecule has 3 heteroatoms. The molecule has 0 radical (unpaired) electrons. The van der Waals surface area contributed by atoms with Gasteiger partial charge in [-0.1, -0.05) is 19.8 Å². The van der Waals surface area contributed by atoms with Crippen molar-refractivity contribution >= 4 is 0 Å². The minimum Gasteiger partial charge on any atom is -0.377 e. The van der Waals surface area contributed by atoms with Crippen LogP contribution in [0.1, 0.15) is 46.5 Å². The van der Waals surface area contributed by atoms with Gasteiger partial charge in [0.05, 0.1) is 12.7 Å². The second-order valence-electron chi connectivity index (χ2n) is 5.65. The number of rotatable bonds is 7. The molecule has 2 atom stereocenters. The topological polar surface area (TPSA) is 38.5 Å². The van der Waals surface area contributed by atoms with Gasteiger partial charge < -0.3 is 10.5 Å². The average molecular weight is 242 g/mol. The Kier molecular flexibility index (Phi) is 5.90. The van der Waals surface area contributed by atoms with Crippen molar-refractivity contribution < 1.29 is 4.74 Å². The molecular weight excluding hydrogens is 212 g/mol. The zero-order chi connectivity index (χ0) is 12.9. The smallest absolute Gasteiger partial charge is 0.0597 e. The third-order valence-corrected chi connectivity index (χ3v) is 4.41. The van der Waals surface area contributed by atoms with Crippen LogP contribution in [-0.2, 0) is 4.74 Å². The van der Waals surface area contributed by atoms with E-state index in [9.17, 15) is 0 Å². The fraction of sp³-hybridized carbons (Fsp3) is 1.00. The molecule has 0 aromatic rings. The van der Waals surface area contributed by atoms with Crippen LogP contribution in [0.3, 0.4) is 0 Å². The number of ether oxygens (including phenoxy) is 1. The first kappa shape index (κ1) is 14.9. The minimum atomic E-state index is 0.231. The summed E-state index contributed by atoms with van der Waals surface area (Å²) in [6, 6.07) is 0. The molecule has 3 nitrogen and oxygen atoms in total. The van der Waals surface area contributed by atoms with Crippen LogP contribution in [0.15, 0.2) is 0 Å². The molecule has 0 spiro atoms. The molecule has 0 aromatic carbocycles. The summed E-state index contributed by atoms with van der Waals surface area (Å²) in [5.74, 6) is 0.761. The lowest BCUT2D eigenvalue weighted by atomic mass is 9.83.